The molecule has 0 amide bonds. The van der Waals surface area contributed by atoms with E-state index >= 15 is 0 Å². The summed E-state index contributed by atoms with van der Waals surface area (Å²) < 4.78 is 17.7. The van der Waals surface area contributed by atoms with E-state index in [1.165, 1.54) is 11.6 Å². The number of aryl methyl sites for hydroxylation is 1. The quantitative estimate of drug-likeness (QED) is 0.560. The van der Waals surface area contributed by atoms with Crippen LogP contribution in [0, 0.1) is 5.82 Å². The lowest BCUT2D eigenvalue weighted by Crippen LogP contribution is -2.24. The maximum atomic E-state index is 14.2. The lowest BCUT2D eigenvalue weighted by atomic mass is 10.1. The standard InChI is InChI=1S/C19H18FN7/c1-25-12-13(11-21-25)16-7-4-10-26(16)18-9-8-17-22-23-19(27(17)24-18)14-5-2-3-6-15(14)20/h2-3,5-6,8-9,11-12,16H,4,7,10H2,1H3. The predicted molar refractivity (Wildman–Crippen MR) is 98.7 cm³/mol. The molecule has 4 aromatic rings. The van der Waals surface area contributed by atoms with Crippen molar-refractivity contribution in [3.63, 3.8) is 0 Å². The van der Waals surface area contributed by atoms with Crippen molar-refractivity contribution in [3.05, 3.63) is 60.2 Å². The van der Waals surface area contributed by atoms with Gasteiger partial charge in [-0.3, -0.25) is 4.68 Å². The lowest BCUT2D eigenvalue weighted by Gasteiger charge is -2.24. The second-order valence-corrected chi connectivity index (χ2v) is 6.76. The predicted octanol–water partition coefficient (Wildman–Crippen LogP) is 3.01. The Balaban J connectivity index is 1.58. The third-order valence-corrected chi connectivity index (χ3v) is 5.02. The summed E-state index contributed by atoms with van der Waals surface area (Å²) >= 11 is 0. The van der Waals surface area contributed by atoms with Gasteiger partial charge < -0.3 is 4.90 Å². The van der Waals surface area contributed by atoms with Gasteiger partial charge in [0.15, 0.2) is 11.5 Å². The molecule has 1 aromatic carbocycles. The first kappa shape index (κ1) is 15.9. The van der Waals surface area contributed by atoms with Gasteiger partial charge in [-0.05, 0) is 37.1 Å². The van der Waals surface area contributed by atoms with Gasteiger partial charge in [-0.2, -0.15) is 9.61 Å². The van der Waals surface area contributed by atoms with Crippen molar-refractivity contribution in [2.75, 3.05) is 11.4 Å². The molecule has 0 N–H and O–H groups in total. The highest BCUT2D eigenvalue weighted by Crippen LogP contribution is 2.35. The van der Waals surface area contributed by atoms with Gasteiger partial charge in [0, 0.05) is 25.4 Å². The first-order chi connectivity index (χ1) is 13.2. The zero-order valence-electron chi connectivity index (χ0n) is 14.8. The summed E-state index contributed by atoms with van der Waals surface area (Å²) in [6, 6.07) is 10.6. The van der Waals surface area contributed by atoms with Gasteiger partial charge >= 0.3 is 0 Å². The Kier molecular flexibility index (Phi) is 3.63. The van der Waals surface area contributed by atoms with Crippen LogP contribution in [0.15, 0.2) is 48.8 Å². The molecule has 1 unspecified atom stereocenters. The number of anilines is 1. The molecule has 8 heteroatoms. The van der Waals surface area contributed by atoms with Crippen LogP contribution < -0.4 is 4.90 Å². The van der Waals surface area contributed by atoms with Crippen LogP contribution >= 0.6 is 0 Å². The molecule has 0 saturated carbocycles. The Hall–Kier alpha value is -3.29. The number of hydrogen-bond donors (Lipinski definition) is 0. The second-order valence-electron chi connectivity index (χ2n) is 6.76. The number of halogens is 1. The summed E-state index contributed by atoms with van der Waals surface area (Å²) in [6.07, 6.45) is 6.09. The summed E-state index contributed by atoms with van der Waals surface area (Å²) in [5.41, 5.74) is 2.16. The van der Waals surface area contributed by atoms with Crippen molar-refractivity contribution >= 4 is 11.5 Å². The molecule has 3 aromatic heterocycles. The first-order valence-electron chi connectivity index (χ1n) is 8.93. The van der Waals surface area contributed by atoms with Crippen LogP contribution in [0.2, 0.25) is 0 Å². The van der Waals surface area contributed by atoms with E-state index in [9.17, 15) is 4.39 Å². The lowest BCUT2D eigenvalue weighted by molar-refractivity contribution is 0.629. The average molecular weight is 363 g/mol. The van der Waals surface area contributed by atoms with Crippen LogP contribution in [0.4, 0.5) is 10.2 Å². The number of fused-ring (bicyclic) bond motifs is 1. The SMILES string of the molecule is Cn1cc(C2CCCN2c2ccc3nnc(-c4ccccc4F)n3n2)cn1. The fourth-order valence-electron chi connectivity index (χ4n) is 3.74. The van der Waals surface area contributed by atoms with E-state index in [-0.39, 0.29) is 11.9 Å². The molecule has 4 heterocycles. The molecule has 1 fully saturated rings. The van der Waals surface area contributed by atoms with Crippen LogP contribution in [0.1, 0.15) is 24.4 Å². The highest BCUT2D eigenvalue weighted by molar-refractivity contribution is 5.60. The topological polar surface area (TPSA) is 64.1 Å². The van der Waals surface area contributed by atoms with Crippen LogP contribution in [0.5, 0.6) is 0 Å². The van der Waals surface area contributed by atoms with Crippen molar-refractivity contribution in [2.45, 2.75) is 18.9 Å². The summed E-state index contributed by atoms with van der Waals surface area (Å²) in [5, 5.41) is 17.3. The zero-order chi connectivity index (χ0) is 18.4. The Labute approximate surface area is 155 Å². The second kappa shape index (κ2) is 6.15. The smallest absolute Gasteiger partial charge is 0.188 e. The number of nitrogens with zero attached hydrogens (tertiary/aromatic N) is 7. The van der Waals surface area contributed by atoms with E-state index < -0.39 is 0 Å². The monoisotopic (exact) mass is 363 g/mol. The van der Waals surface area contributed by atoms with Gasteiger partial charge in [-0.25, -0.2) is 4.39 Å². The molecule has 1 aliphatic rings. The highest BCUT2D eigenvalue weighted by Gasteiger charge is 2.28. The van der Waals surface area contributed by atoms with Crippen LogP contribution in [-0.2, 0) is 7.05 Å². The van der Waals surface area contributed by atoms with Gasteiger partial charge in [-0.1, -0.05) is 12.1 Å². The largest absolute Gasteiger partial charge is 0.348 e. The fraction of sp³-hybridized carbons (Fsp3) is 0.263. The maximum absolute atomic E-state index is 14.2. The Morgan fingerprint density at radius 2 is 2.00 bits per heavy atom. The van der Waals surface area contributed by atoms with Gasteiger partial charge in [0.25, 0.3) is 0 Å². The molecule has 1 aliphatic heterocycles. The van der Waals surface area contributed by atoms with E-state index in [0.29, 0.717) is 17.0 Å². The van der Waals surface area contributed by atoms with Crippen molar-refractivity contribution in [1.29, 1.82) is 0 Å². The van der Waals surface area contributed by atoms with Gasteiger partial charge in [0.05, 0.1) is 17.8 Å². The van der Waals surface area contributed by atoms with Crippen molar-refractivity contribution in [1.82, 2.24) is 29.6 Å². The Morgan fingerprint density at radius 3 is 2.81 bits per heavy atom. The van der Waals surface area contributed by atoms with Crippen molar-refractivity contribution in [3.8, 4) is 11.4 Å². The third-order valence-electron chi connectivity index (χ3n) is 5.02. The van der Waals surface area contributed by atoms with E-state index in [1.54, 1.807) is 22.7 Å². The van der Waals surface area contributed by atoms with E-state index in [0.717, 1.165) is 25.2 Å². The normalized spacial score (nSPS) is 17.1. The summed E-state index contributed by atoms with van der Waals surface area (Å²) in [7, 11) is 1.92. The molecule has 0 bridgehead atoms. The number of aromatic nitrogens is 6. The minimum atomic E-state index is -0.339. The van der Waals surface area contributed by atoms with E-state index in [1.807, 2.05) is 36.3 Å². The minimum Gasteiger partial charge on any atom is -0.348 e. The molecule has 1 atom stereocenters. The molecule has 0 aliphatic carbocycles. The Bertz CT molecular complexity index is 1120. The molecular formula is C19H18FN7. The zero-order valence-corrected chi connectivity index (χ0v) is 14.8. The number of benzene rings is 1. The molecule has 136 valence electrons. The highest BCUT2D eigenvalue weighted by atomic mass is 19.1. The van der Waals surface area contributed by atoms with Gasteiger partial charge in [0.2, 0.25) is 0 Å². The molecule has 0 spiro atoms. The van der Waals surface area contributed by atoms with Gasteiger partial charge in [-0.15, -0.1) is 15.3 Å². The molecule has 1 saturated heterocycles. The molecule has 5 rings (SSSR count). The van der Waals surface area contributed by atoms with E-state index in [4.69, 9.17) is 5.10 Å². The summed E-state index contributed by atoms with van der Waals surface area (Å²) in [4.78, 5) is 2.27. The first-order valence-corrected chi connectivity index (χ1v) is 8.93. The van der Waals surface area contributed by atoms with Crippen LogP contribution in [-0.4, -0.2) is 36.1 Å². The number of hydrogen-bond acceptors (Lipinski definition) is 5. The molecular weight excluding hydrogens is 345 g/mol. The fourth-order valence-corrected chi connectivity index (χ4v) is 3.74. The summed E-state index contributed by atoms with van der Waals surface area (Å²) in [6.45, 7) is 0.912. The molecule has 7 nitrogen and oxygen atoms in total. The van der Waals surface area contributed by atoms with Crippen LogP contribution in [0.25, 0.3) is 17.0 Å². The van der Waals surface area contributed by atoms with Crippen LogP contribution in [0.3, 0.4) is 0 Å². The molecule has 27 heavy (non-hydrogen) atoms. The van der Waals surface area contributed by atoms with Gasteiger partial charge in [0.1, 0.15) is 11.6 Å². The summed E-state index contributed by atoms with van der Waals surface area (Å²) in [5.74, 6) is 0.890. The average Bonchev–Trinajstić information content (AvgIpc) is 3.40. The maximum Gasteiger partial charge on any atom is 0.188 e. The Morgan fingerprint density at radius 1 is 1.11 bits per heavy atom. The minimum absolute atomic E-state index is 0.233. The van der Waals surface area contributed by atoms with Crippen molar-refractivity contribution < 1.29 is 4.39 Å². The van der Waals surface area contributed by atoms with E-state index in [2.05, 4.69) is 20.2 Å². The third kappa shape index (κ3) is 2.64. The molecule has 0 radical (unpaired) electrons. The van der Waals surface area contributed by atoms with Crippen molar-refractivity contribution in [2.24, 2.45) is 7.05 Å². The number of rotatable bonds is 3.